The summed E-state index contributed by atoms with van der Waals surface area (Å²) in [6, 6.07) is 13.9. The predicted molar refractivity (Wildman–Crippen MR) is 130 cm³/mol. The van der Waals surface area contributed by atoms with Gasteiger partial charge >= 0.3 is 0 Å². The smallest absolute Gasteiger partial charge is 0.273 e. The molecule has 0 radical (unpaired) electrons. The largest absolute Gasteiger partial charge is 0.507 e. The van der Waals surface area contributed by atoms with E-state index in [9.17, 15) is 19.5 Å². The van der Waals surface area contributed by atoms with Gasteiger partial charge < -0.3 is 30.3 Å². The minimum absolute atomic E-state index is 0.101. The van der Waals surface area contributed by atoms with Crippen molar-refractivity contribution in [3.63, 3.8) is 0 Å². The molecule has 36 heavy (non-hydrogen) atoms. The van der Waals surface area contributed by atoms with Crippen molar-refractivity contribution in [1.29, 1.82) is 0 Å². The highest BCUT2D eigenvalue weighted by molar-refractivity contribution is 5.97. The molecule has 10 heteroatoms. The fourth-order valence-corrected chi connectivity index (χ4v) is 3.99. The molecule has 1 atom stereocenters. The summed E-state index contributed by atoms with van der Waals surface area (Å²) >= 11 is 0. The SMILES string of the molecule is CNC(=O)CCNC(=O)c1noc2c1CC(NC(=O)c1cc(OCc3ccccc3)ccc1O)CC2. The first kappa shape index (κ1) is 24.8. The van der Waals surface area contributed by atoms with Crippen LogP contribution in [-0.2, 0) is 24.2 Å². The van der Waals surface area contributed by atoms with Crippen molar-refractivity contribution in [1.82, 2.24) is 21.1 Å². The number of phenols is 1. The number of rotatable bonds is 9. The Labute approximate surface area is 208 Å². The Kier molecular flexibility index (Phi) is 7.84. The Morgan fingerprint density at radius 2 is 1.94 bits per heavy atom. The van der Waals surface area contributed by atoms with E-state index < -0.39 is 11.8 Å². The van der Waals surface area contributed by atoms with E-state index >= 15 is 0 Å². The van der Waals surface area contributed by atoms with E-state index in [1.165, 1.54) is 19.2 Å². The number of aromatic hydroxyl groups is 1. The summed E-state index contributed by atoms with van der Waals surface area (Å²) in [5.41, 5.74) is 1.87. The number of ether oxygens (including phenoxy) is 1. The van der Waals surface area contributed by atoms with E-state index in [0.29, 0.717) is 42.9 Å². The third-order valence-electron chi connectivity index (χ3n) is 5.97. The molecule has 0 saturated heterocycles. The Morgan fingerprint density at radius 3 is 2.72 bits per heavy atom. The monoisotopic (exact) mass is 492 g/mol. The zero-order valence-corrected chi connectivity index (χ0v) is 19.9. The molecule has 2 aromatic carbocycles. The van der Waals surface area contributed by atoms with Gasteiger partial charge in [0, 0.05) is 38.0 Å². The molecule has 188 valence electrons. The second kappa shape index (κ2) is 11.4. The summed E-state index contributed by atoms with van der Waals surface area (Å²) < 4.78 is 11.1. The number of benzene rings is 2. The fourth-order valence-electron chi connectivity index (χ4n) is 3.99. The second-order valence-corrected chi connectivity index (χ2v) is 8.48. The molecule has 0 saturated carbocycles. The summed E-state index contributed by atoms with van der Waals surface area (Å²) in [4.78, 5) is 36.9. The zero-order valence-electron chi connectivity index (χ0n) is 19.9. The van der Waals surface area contributed by atoms with E-state index in [0.717, 1.165) is 5.56 Å². The predicted octanol–water partition coefficient (Wildman–Crippen LogP) is 2.11. The molecular formula is C26H28N4O6. The van der Waals surface area contributed by atoms with E-state index in [1.54, 1.807) is 6.07 Å². The maximum Gasteiger partial charge on any atom is 0.273 e. The van der Waals surface area contributed by atoms with Crippen LogP contribution < -0.4 is 20.7 Å². The Morgan fingerprint density at radius 1 is 1.14 bits per heavy atom. The lowest BCUT2D eigenvalue weighted by Gasteiger charge is -2.23. The van der Waals surface area contributed by atoms with Gasteiger partial charge in [0.1, 0.15) is 23.9 Å². The van der Waals surface area contributed by atoms with Gasteiger partial charge in [-0.25, -0.2) is 0 Å². The number of nitrogens with zero attached hydrogens (tertiary/aromatic N) is 1. The Bertz CT molecular complexity index is 1240. The summed E-state index contributed by atoms with van der Waals surface area (Å²) in [7, 11) is 1.53. The van der Waals surface area contributed by atoms with E-state index in [1.807, 2.05) is 30.3 Å². The first-order chi connectivity index (χ1) is 17.4. The van der Waals surface area contributed by atoms with Gasteiger partial charge in [-0.1, -0.05) is 35.5 Å². The minimum Gasteiger partial charge on any atom is -0.507 e. The van der Waals surface area contributed by atoms with Crippen LogP contribution in [0.4, 0.5) is 0 Å². The molecule has 1 heterocycles. The van der Waals surface area contributed by atoms with Crippen LogP contribution in [0.25, 0.3) is 0 Å². The molecule has 0 spiro atoms. The van der Waals surface area contributed by atoms with Gasteiger partial charge in [-0.05, 0) is 36.6 Å². The summed E-state index contributed by atoms with van der Waals surface area (Å²) in [5, 5.41) is 22.3. The zero-order chi connectivity index (χ0) is 25.5. The molecule has 1 unspecified atom stereocenters. The van der Waals surface area contributed by atoms with E-state index in [-0.39, 0.29) is 41.9 Å². The van der Waals surface area contributed by atoms with Gasteiger partial charge in [-0.2, -0.15) is 0 Å². The number of amides is 3. The van der Waals surface area contributed by atoms with Crippen molar-refractivity contribution < 1.29 is 28.8 Å². The van der Waals surface area contributed by atoms with Crippen LogP contribution in [0.1, 0.15) is 50.6 Å². The lowest BCUT2D eigenvalue weighted by atomic mass is 9.91. The number of phenolic OH excluding ortho intramolecular Hbond substituents is 1. The molecule has 1 aromatic heterocycles. The maximum atomic E-state index is 13.0. The average Bonchev–Trinajstić information content (AvgIpc) is 3.32. The molecule has 3 amide bonds. The Hall–Kier alpha value is -4.34. The van der Waals surface area contributed by atoms with Crippen LogP contribution in [0.5, 0.6) is 11.5 Å². The van der Waals surface area contributed by atoms with Crippen LogP contribution in [0.2, 0.25) is 0 Å². The number of hydrogen-bond acceptors (Lipinski definition) is 7. The standard InChI is InChI=1S/C26H28N4O6/c1-27-23(32)11-12-28-26(34)24-20-13-17(7-10-22(20)36-30-24)29-25(33)19-14-18(8-9-21(19)31)35-15-16-5-3-2-4-6-16/h2-6,8-9,14,17,31H,7,10-13,15H2,1H3,(H,27,32)(H,28,34)(H,29,33). The molecule has 10 nitrogen and oxygen atoms in total. The maximum absolute atomic E-state index is 13.0. The lowest BCUT2D eigenvalue weighted by Crippen LogP contribution is -2.39. The molecule has 0 fully saturated rings. The van der Waals surface area contributed by atoms with E-state index in [4.69, 9.17) is 9.26 Å². The first-order valence-electron chi connectivity index (χ1n) is 11.7. The van der Waals surface area contributed by atoms with Gasteiger partial charge in [0.15, 0.2) is 5.69 Å². The van der Waals surface area contributed by atoms with Crippen molar-refractivity contribution in [2.24, 2.45) is 0 Å². The lowest BCUT2D eigenvalue weighted by molar-refractivity contribution is -0.120. The first-order valence-corrected chi connectivity index (χ1v) is 11.7. The molecule has 1 aliphatic carbocycles. The highest BCUT2D eigenvalue weighted by Crippen LogP contribution is 2.27. The highest BCUT2D eigenvalue weighted by Gasteiger charge is 2.30. The topological polar surface area (TPSA) is 143 Å². The van der Waals surface area contributed by atoms with Crippen LogP contribution in [0.15, 0.2) is 53.1 Å². The van der Waals surface area contributed by atoms with Crippen LogP contribution >= 0.6 is 0 Å². The molecule has 4 N–H and O–H groups in total. The molecule has 3 aromatic rings. The third kappa shape index (κ3) is 6.01. The number of carbonyl (C=O) groups excluding carboxylic acids is 3. The number of aryl methyl sites for hydroxylation is 1. The van der Waals surface area contributed by atoms with Gasteiger partial charge in [0.05, 0.1) is 5.56 Å². The minimum atomic E-state index is -0.445. The van der Waals surface area contributed by atoms with Gasteiger partial charge in [-0.15, -0.1) is 0 Å². The number of hydrogen-bond donors (Lipinski definition) is 4. The van der Waals surface area contributed by atoms with Crippen LogP contribution in [0.3, 0.4) is 0 Å². The van der Waals surface area contributed by atoms with Gasteiger partial charge in [0.25, 0.3) is 11.8 Å². The fraction of sp³-hybridized carbons (Fsp3) is 0.308. The van der Waals surface area contributed by atoms with Crippen molar-refractivity contribution in [2.75, 3.05) is 13.6 Å². The molecule has 4 rings (SSSR count). The summed E-state index contributed by atoms with van der Waals surface area (Å²) in [6.45, 7) is 0.502. The summed E-state index contributed by atoms with van der Waals surface area (Å²) in [5.74, 6) is -0.148. The normalized spacial score (nSPS) is 14.4. The Balaban J connectivity index is 1.38. The molecule has 0 bridgehead atoms. The number of carbonyl (C=O) groups is 3. The molecule has 0 aliphatic heterocycles. The molecular weight excluding hydrogens is 464 g/mol. The number of aromatic nitrogens is 1. The second-order valence-electron chi connectivity index (χ2n) is 8.48. The van der Waals surface area contributed by atoms with Crippen LogP contribution in [-0.4, -0.2) is 47.6 Å². The average molecular weight is 493 g/mol. The van der Waals surface area contributed by atoms with Gasteiger partial charge in [-0.3, -0.25) is 14.4 Å². The van der Waals surface area contributed by atoms with E-state index in [2.05, 4.69) is 21.1 Å². The molecule has 1 aliphatic rings. The van der Waals surface area contributed by atoms with Crippen molar-refractivity contribution in [2.45, 2.75) is 38.3 Å². The third-order valence-corrected chi connectivity index (χ3v) is 5.97. The van der Waals surface area contributed by atoms with Crippen molar-refractivity contribution in [3.8, 4) is 11.5 Å². The highest BCUT2D eigenvalue weighted by atomic mass is 16.5. The quantitative estimate of drug-likeness (QED) is 0.358. The number of fused-ring (bicyclic) bond motifs is 1. The van der Waals surface area contributed by atoms with Crippen molar-refractivity contribution >= 4 is 17.7 Å². The number of nitrogens with one attached hydrogen (secondary N) is 3. The summed E-state index contributed by atoms with van der Waals surface area (Å²) in [6.07, 6.45) is 1.61. The van der Waals surface area contributed by atoms with Crippen molar-refractivity contribution in [3.05, 3.63) is 76.7 Å². The van der Waals surface area contributed by atoms with Crippen LogP contribution in [0, 0.1) is 0 Å². The van der Waals surface area contributed by atoms with Gasteiger partial charge in [0.2, 0.25) is 5.91 Å².